The van der Waals surface area contributed by atoms with Gasteiger partial charge < -0.3 is 15.0 Å². The van der Waals surface area contributed by atoms with Crippen LogP contribution in [0.1, 0.15) is 59.5 Å². The lowest BCUT2D eigenvalue weighted by Crippen LogP contribution is -2.47. The van der Waals surface area contributed by atoms with Crippen LogP contribution in [-0.4, -0.2) is 27.7 Å². The predicted octanol–water partition coefficient (Wildman–Crippen LogP) is 3.36. The van der Waals surface area contributed by atoms with E-state index in [-0.39, 0.29) is 11.9 Å². The number of carbonyl (C=O) groups excluding carboxylic acids is 1. The highest BCUT2D eigenvalue weighted by atomic mass is 16.3. The van der Waals surface area contributed by atoms with Crippen LogP contribution in [0.25, 0.3) is 0 Å². The molecule has 0 spiro atoms. The second-order valence-electron chi connectivity index (χ2n) is 7.00. The number of benzene rings is 1. The molecule has 0 aliphatic heterocycles. The molecule has 2 N–H and O–H groups in total. The number of hydrogen-bond acceptors (Lipinski definition) is 2. The van der Waals surface area contributed by atoms with Gasteiger partial charge in [0.25, 0.3) is 5.91 Å². The Kier molecular flexibility index (Phi) is 4.50. The lowest BCUT2D eigenvalue weighted by molar-refractivity contribution is -0.0300. The van der Waals surface area contributed by atoms with E-state index in [0.717, 1.165) is 30.7 Å². The summed E-state index contributed by atoms with van der Waals surface area (Å²) in [4.78, 5) is 12.5. The third kappa shape index (κ3) is 3.11. The molecule has 1 saturated carbocycles. The van der Waals surface area contributed by atoms with E-state index in [9.17, 15) is 9.90 Å². The first kappa shape index (κ1) is 16.8. The number of carbonyl (C=O) groups is 1. The minimum atomic E-state index is -0.696. The fraction of sp³-hybridized carbons (Fsp3) is 0.450. The Hall–Kier alpha value is -2.07. The molecule has 1 aliphatic carbocycles. The maximum atomic E-state index is 12.5. The Morgan fingerprint density at radius 3 is 2.54 bits per heavy atom. The van der Waals surface area contributed by atoms with Crippen molar-refractivity contribution in [2.75, 3.05) is 6.54 Å². The SMILES string of the molecule is Cc1cc(C(=O)NCC2(O)CCC2)c(C)n1C(C)c1ccccc1. The number of hydrogen-bond donors (Lipinski definition) is 2. The number of amides is 1. The number of aliphatic hydroxyl groups is 1. The van der Waals surface area contributed by atoms with Gasteiger partial charge in [0.15, 0.2) is 0 Å². The molecule has 1 aromatic carbocycles. The molecule has 1 heterocycles. The molecule has 0 bridgehead atoms. The van der Waals surface area contributed by atoms with E-state index < -0.39 is 5.60 Å². The van der Waals surface area contributed by atoms with Crippen LogP contribution >= 0.6 is 0 Å². The van der Waals surface area contributed by atoms with Crippen molar-refractivity contribution in [1.29, 1.82) is 0 Å². The van der Waals surface area contributed by atoms with Crippen LogP contribution in [0.4, 0.5) is 0 Å². The van der Waals surface area contributed by atoms with E-state index in [1.807, 2.05) is 38.1 Å². The first-order valence-electron chi connectivity index (χ1n) is 8.65. The Morgan fingerprint density at radius 2 is 1.96 bits per heavy atom. The molecule has 1 amide bonds. The molecule has 1 atom stereocenters. The largest absolute Gasteiger partial charge is 0.388 e. The Bertz CT molecular complexity index is 730. The summed E-state index contributed by atoms with van der Waals surface area (Å²) in [6.07, 6.45) is 2.59. The second-order valence-corrected chi connectivity index (χ2v) is 7.00. The van der Waals surface area contributed by atoms with Crippen molar-refractivity contribution in [3.63, 3.8) is 0 Å². The van der Waals surface area contributed by atoms with Gasteiger partial charge in [-0.1, -0.05) is 30.3 Å². The van der Waals surface area contributed by atoms with Gasteiger partial charge in [0, 0.05) is 17.9 Å². The zero-order valence-corrected chi connectivity index (χ0v) is 14.7. The van der Waals surface area contributed by atoms with Gasteiger partial charge >= 0.3 is 0 Å². The summed E-state index contributed by atoms with van der Waals surface area (Å²) in [5, 5.41) is 13.1. The second kappa shape index (κ2) is 6.44. The molecule has 0 radical (unpaired) electrons. The van der Waals surface area contributed by atoms with Gasteiger partial charge in [-0.15, -0.1) is 0 Å². The summed E-state index contributed by atoms with van der Waals surface area (Å²) in [7, 11) is 0. The molecule has 24 heavy (non-hydrogen) atoms. The first-order valence-corrected chi connectivity index (χ1v) is 8.65. The summed E-state index contributed by atoms with van der Waals surface area (Å²) in [5.74, 6) is -0.102. The zero-order chi connectivity index (χ0) is 17.3. The number of nitrogens with zero attached hydrogens (tertiary/aromatic N) is 1. The third-order valence-corrected chi connectivity index (χ3v) is 5.26. The Labute approximate surface area is 143 Å². The van der Waals surface area contributed by atoms with E-state index >= 15 is 0 Å². The first-order chi connectivity index (χ1) is 11.4. The zero-order valence-electron chi connectivity index (χ0n) is 14.7. The van der Waals surface area contributed by atoms with Crippen molar-refractivity contribution in [2.45, 2.75) is 51.7 Å². The van der Waals surface area contributed by atoms with E-state index in [0.29, 0.717) is 12.1 Å². The molecule has 1 unspecified atom stereocenters. The van der Waals surface area contributed by atoms with Gasteiger partial charge in [-0.05, 0) is 51.7 Å². The molecule has 4 nitrogen and oxygen atoms in total. The molecule has 3 rings (SSSR count). The Balaban J connectivity index is 1.79. The summed E-state index contributed by atoms with van der Waals surface area (Å²) in [5.41, 5.74) is 3.24. The fourth-order valence-corrected chi connectivity index (χ4v) is 3.59. The highest BCUT2D eigenvalue weighted by Crippen LogP contribution is 2.31. The van der Waals surface area contributed by atoms with Crippen LogP contribution in [0.5, 0.6) is 0 Å². The highest BCUT2D eigenvalue weighted by Gasteiger charge is 2.34. The van der Waals surface area contributed by atoms with Crippen LogP contribution in [-0.2, 0) is 0 Å². The summed E-state index contributed by atoms with van der Waals surface area (Å²) >= 11 is 0. The van der Waals surface area contributed by atoms with Gasteiger partial charge in [0.2, 0.25) is 0 Å². The van der Waals surface area contributed by atoms with E-state index in [1.54, 1.807) is 0 Å². The van der Waals surface area contributed by atoms with Crippen LogP contribution in [0.15, 0.2) is 36.4 Å². The monoisotopic (exact) mass is 326 g/mol. The van der Waals surface area contributed by atoms with E-state index in [1.165, 1.54) is 5.56 Å². The standard InChI is InChI=1S/C20H26N2O2/c1-14-12-18(19(23)21-13-20(24)10-7-11-20)16(3)22(14)15(2)17-8-5-4-6-9-17/h4-6,8-9,12,15,24H,7,10-11,13H2,1-3H3,(H,21,23). The van der Waals surface area contributed by atoms with Crippen molar-refractivity contribution < 1.29 is 9.90 Å². The smallest absolute Gasteiger partial charge is 0.253 e. The quantitative estimate of drug-likeness (QED) is 0.885. The van der Waals surface area contributed by atoms with Crippen molar-refractivity contribution >= 4 is 5.91 Å². The molecule has 0 saturated heterocycles. The van der Waals surface area contributed by atoms with Gasteiger partial charge in [0.05, 0.1) is 17.2 Å². The van der Waals surface area contributed by atoms with Crippen molar-refractivity contribution in [2.24, 2.45) is 0 Å². The molecule has 1 aliphatic rings. The van der Waals surface area contributed by atoms with Crippen molar-refractivity contribution in [3.05, 3.63) is 58.9 Å². The maximum Gasteiger partial charge on any atom is 0.253 e. The van der Waals surface area contributed by atoms with Crippen molar-refractivity contribution in [1.82, 2.24) is 9.88 Å². The number of nitrogens with one attached hydrogen (secondary N) is 1. The number of aryl methyl sites for hydroxylation is 1. The Morgan fingerprint density at radius 1 is 1.29 bits per heavy atom. The summed E-state index contributed by atoms with van der Waals surface area (Å²) in [6.45, 7) is 6.50. The molecule has 1 fully saturated rings. The topological polar surface area (TPSA) is 54.3 Å². The van der Waals surface area contributed by atoms with E-state index in [4.69, 9.17) is 0 Å². The molecule has 4 heteroatoms. The summed E-state index contributed by atoms with van der Waals surface area (Å²) < 4.78 is 2.20. The fourth-order valence-electron chi connectivity index (χ4n) is 3.59. The molecular formula is C20H26N2O2. The molecule has 128 valence electrons. The highest BCUT2D eigenvalue weighted by molar-refractivity contribution is 5.95. The lowest BCUT2D eigenvalue weighted by atomic mass is 9.80. The van der Waals surface area contributed by atoms with Crippen LogP contribution in [0.2, 0.25) is 0 Å². The number of rotatable bonds is 5. The van der Waals surface area contributed by atoms with Gasteiger partial charge in [-0.3, -0.25) is 4.79 Å². The molecular weight excluding hydrogens is 300 g/mol. The lowest BCUT2D eigenvalue weighted by Gasteiger charge is -2.36. The average molecular weight is 326 g/mol. The third-order valence-electron chi connectivity index (χ3n) is 5.26. The van der Waals surface area contributed by atoms with Gasteiger partial charge in [-0.2, -0.15) is 0 Å². The van der Waals surface area contributed by atoms with Gasteiger partial charge in [0.1, 0.15) is 0 Å². The van der Waals surface area contributed by atoms with Crippen LogP contribution in [0, 0.1) is 13.8 Å². The van der Waals surface area contributed by atoms with E-state index in [2.05, 4.69) is 28.9 Å². The minimum absolute atomic E-state index is 0.102. The normalized spacial score (nSPS) is 17.2. The average Bonchev–Trinajstić information content (AvgIpc) is 2.85. The van der Waals surface area contributed by atoms with Crippen LogP contribution < -0.4 is 5.32 Å². The number of aromatic nitrogens is 1. The predicted molar refractivity (Wildman–Crippen MR) is 95.3 cm³/mol. The van der Waals surface area contributed by atoms with Crippen molar-refractivity contribution in [3.8, 4) is 0 Å². The minimum Gasteiger partial charge on any atom is -0.388 e. The van der Waals surface area contributed by atoms with Crippen LogP contribution in [0.3, 0.4) is 0 Å². The van der Waals surface area contributed by atoms with Gasteiger partial charge in [-0.25, -0.2) is 0 Å². The molecule has 2 aromatic rings. The summed E-state index contributed by atoms with van der Waals surface area (Å²) in [6, 6.07) is 12.4. The maximum absolute atomic E-state index is 12.5. The molecule has 1 aromatic heterocycles.